The fourth-order valence-corrected chi connectivity index (χ4v) is 3.51. The second kappa shape index (κ2) is 11.7. The van der Waals surface area contributed by atoms with Gasteiger partial charge in [-0.05, 0) is 90.1 Å². The highest BCUT2D eigenvalue weighted by Crippen LogP contribution is 2.29. The van der Waals surface area contributed by atoms with Crippen molar-refractivity contribution in [1.82, 2.24) is 0 Å². The lowest BCUT2D eigenvalue weighted by atomic mass is 9.79. The first-order valence-corrected chi connectivity index (χ1v) is 12.6. The molecule has 0 aliphatic heterocycles. The number of ether oxygens (including phenoxy) is 2. The largest absolute Gasteiger partial charge is 0.457 e. The minimum absolute atomic E-state index is 0.210. The summed E-state index contributed by atoms with van der Waals surface area (Å²) < 4.78 is 10.2. The summed E-state index contributed by atoms with van der Waals surface area (Å²) in [4.78, 5) is 80.5. The van der Waals surface area contributed by atoms with E-state index in [1.807, 2.05) is 0 Å². The summed E-state index contributed by atoms with van der Waals surface area (Å²) in [6.07, 6.45) is 0. The van der Waals surface area contributed by atoms with Crippen LogP contribution in [0.5, 0.6) is 0 Å². The SMILES string of the molecule is C=C(C(=O)C(O)(C(=O)OC(C)(C)C)C(=O)c1ccc(N)cc1)C(=O)C(O)(C(=O)OC(C)(C)C)C(=O)c1ccc(N)cc1. The Morgan fingerprint density at radius 2 is 0.857 bits per heavy atom. The minimum atomic E-state index is -3.73. The molecule has 2 aromatic carbocycles. The maximum absolute atomic E-state index is 13.7. The van der Waals surface area contributed by atoms with Gasteiger partial charge >= 0.3 is 11.9 Å². The Balaban J connectivity index is 2.71. The number of rotatable bonds is 10. The van der Waals surface area contributed by atoms with Gasteiger partial charge in [0, 0.05) is 22.5 Å². The molecule has 0 amide bonds. The van der Waals surface area contributed by atoms with Crippen LogP contribution in [0.2, 0.25) is 0 Å². The van der Waals surface area contributed by atoms with Crippen LogP contribution in [0.25, 0.3) is 0 Å². The summed E-state index contributed by atoms with van der Waals surface area (Å²) in [5.41, 5.74) is -0.647. The molecule has 12 heteroatoms. The third kappa shape index (κ3) is 6.96. The average molecular weight is 583 g/mol. The quantitative estimate of drug-likeness (QED) is 0.0787. The molecule has 0 spiro atoms. The number of anilines is 2. The molecule has 0 aliphatic rings. The summed E-state index contributed by atoms with van der Waals surface area (Å²) >= 11 is 0. The molecule has 0 saturated carbocycles. The van der Waals surface area contributed by atoms with E-state index < -0.39 is 63.0 Å². The zero-order valence-electron chi connectivity index (χ0n) is 24.1. The molecule has 0 bridgehead atoms. The number of hydrogen-bond donors (Lipinski definition) is 4. The van der Waals surface area contributed by atoms with Crippen LogP contribution < -0.4 is 11.5 Å². The van der Waals surface area contributed by atoms with Crippen LogP contribution in [0.15, 0.2) is 60.7 Å². The number of benzene rings is 2. The highest BCUT2D eigenvalue weighted by molar-refractivity contribution is 6.45. The van der Waals surface area contributed by atoms with Gasteiger partial charge in [0.05, 0.1) is 5.57 Å². The molecule has 0 fully saturated rings. The summed E-state index contributed by atoms with van der Waals surface area (Å²) in [6.45, 7) is 11.6. The van der Waals surface area contributed by atoms with Crippen LogP contribution in [0.1, 0.15) is 62.3 Å². The third-order valence-electron chi connectivity index (χ3n) is 5.60. The van der Waals surface area contributed by atoms with Gasteiger partial charge in [0.1, 0.15) is 11.2 Å². The molecule has 0 saturated heterocycles. The van der Waals surface area contributed by atoms with Crippen molar-refractivity contribution >= 4 is 46.4 Å². The number of Topliss-reactive ketones (excluding diaryl/α,β-unsaturated/α-hetero) is 4. The van der Waals surface area contributed by atoms with Crippen LogP contribution in [-0.2, 0) is 28.7 Å². The summed E-state index contributed by atoms with van der Waals surface area (Å²) in [5.74, 6) is -10.5. The van der Waals surface area contributed by atoms with Crippen molar-refractivity contribution in [3.05, 3.63) is 71.8 Å². The fourth-order valence-electron chi connectivity index (χ4n) is 3.51. The van der Waals surface area contributed by atoms with Gasteiger partial charge < -0.3 is 31.2 Å². The van der Waals surface area contributed by atoms with Crippen molar-refractivity contribution in [3.8, 4) is 0 Å². The van der Waals surface area contributed by atoms with E-state index in [9.17, 15) is 39.0 Å². The number of aliphatic hydroxyl groups is 2. The molecule has 0 heterocycles. The Hall–Kier alpha value is -4.68. The highest BCUT2D eigenvalue weighted by Gasteiger charge is 2.60. The maximum atomic E-state index is 13.7. The van der Waals surface area contributed by atoms with Crippen LogP contribution in [0.3, 0.4) is 0 Å². The normalized spacial score (nSPS) is 14.5. The van der Waals surface area contributed by atoms with Crippen LogP contribution in [0.4, 0.5) is 11.4 Å². The number of carbonyl (C=O) groups excluding carboxylic acids is 6. The molecule has 0 radical (unpaired) electrons. The molecule has 2 unspecified atom stereocenters. The first kappa shape index (κ1) is 33.5. The number of ketones is 4. The lowest BCUT2D eigenvalue weighted by molar-refractivity contribution is -0.174. The van der Waals surface area contributed by atoms with E-state index in [0.29, 0.717) is 0 Å². The van der Waals surface area contributed by atoms with Gasteiger partial charge in [0.25, 0.3) is 11.2 Å². The molecule has 224 valence electrons. The Labute approximate surface area is 242 Å². The topological polar surface area (TPSA) is 213 Å². The number of carbonyl (C=O) groups is 6. The zero-order valence-corrected chi connectivity index (χ0v) is 24.1. The predicted octanol–water partition coefficient (Wildman–Crippen LogP) is 1.76. The van der Waals surface area contributed by atoms with E-state index in [-0.39, 0.29) is 22.5 Å². The summed E-state index contributed by atoms with van der Waals surface area (Å²) in [7, 11) is 0. The fraction of sp³-hybridized carbons (Fsp3) is 0.333. The van der Waals surface area contributed by atoms with Crippen molar-refractivity contribution in [3.63, 3.8) is 0 Å². The first-order chi connectivity index (χ1) is 19.1. The van der Waals surface area contributed by atoms with E-state index in [1.54, 1.807) is 0 Å². The second-order valence-corrected chi connectivity index (χ2v) is 11.5. The molecule has 2 atom stereocenters. The molecule has 2 rings (SSSR count). The molecule has 0 aromatic heterocycles. The van der Waals surface area contributed by atoms with Gasteiger partial charge in [0.15, 0.2) is 0 Å². The molecular formula is C30H34N2O10. The van der Waals surface area contributed by atoms with Crippen LogP contribution in [-0.4, -0.2) is 67.7 Å². The maximum Gasteiger partial charge on any atom is 0.355 e. The van der Waals surface area contributed by atoms with Crippen molar-refractivity contribution in [2.24, 2.45) is 0 Å². The minimum Gasteiger partial charge on any atom is -0.457 e. The van der Waals surface area contributed by atoms with E-state index >= 15 is 0 Å². The third-order valence-corrected chi connectivity index (χ3v) is 5.60. The second-order valence-electron chi connectivity index (χ2n) is 11.5. The van der Waals surface area contributed by atoms with Crippen LogP contribution in [0, 0.1) is 0 Å². The molecule has 0 aliphatic carbocycles. The van der Waals surface area contributed by atoms with Crippen molar-refractivity contribution in [2.45, 2.75) is 63.9 Å². The van der Waals surface area contributed by atoms with Gasteiger partial charge in [-0.1, -0.05) is 6.58 Å². The van der Waals surface area contributed by atoms with Crippen LogP contribution >= 0.6 is 0 Å². The number of hydrogen-bond acceptors (Lipinski definition) is 12. The van der Waals surface area contributed by atoms with E-state index in [0.717, 1.165) is 24.3 Å². The molecule has 42 heavy (non-hydrogen) atoms. The number of nitrogens with two attached hydrogens (primary N) is 2. The van der Waals surface area contributed by atoms with E-state index in [4.69, 9.17) is 20.9 Å². The first-order valence-electron chi connectivity index (χ1n) is 12.6. The van der Waals surface area contributed by atoms with Gasteiger partial charge in [-0.3, -0.25) is 19.2 Å². The standard InChI is InChI=1S/C30H34N2O10/c1-16(21(33)29(39,25(37)41-27(2,3)4)23(35)17-8-12-19(31)13-9-17)22(34)30(40,26(38)42-28(5,6)7)24(36)18-10-14-20(32)15-11-18/h8-15,39-40H,1,31-32H2,2-7H3. The molecule has 6 N–H and O–H groups in total. The van der Waals surface area contributed by atoms with Gasteiger partial charge in [-0.15, -0.1) is 0 Å². The van der Waals surface area contributed by atoms with Gasteiger partial charge in [0.2, 0.25) is 23.1 Å². The highest BCUT2D eigenvalue weighted by atomic mass is 16.6. The average Bonchev–Trinajstić information content (AvgIpc) is 2.88. The smallest absolute Gasteiger partial charge is 0.355 e. The number of nitrogen functional groups attached to an aromatic ring is 2. The lowest BCUT2D eigenvalue weighted by Gasteiger charge is -2.31. The predicted molar refractivity (Wildman–Crippen MR) is 151 cm³/mol. The Kier molecular flexibility index (Phi) is 9.31. The Bertz CT molecular complexity index is 1340. The summed E-state index contributed by atoms with van der Waals surface area (Å²) in [5, 5.41) is 22.8. The van der Waals surface area contributed by atoms with Crippen molar-refractivity contribution in [2.75, 3.05) is 11.5 Å². The van der Waals surface area contributed by atoms with E-state index in [2.05, 4.69) is 6.58 Å². The zero-order chi connectivity index (χ0) is 32.4. The van der Waals surface area contributed by atoms with E-state index in [1.165, 1.54) is 65.8 Å². The lowest BCUT2D eigenvalue weighted by Crippen LogP contribution is -2.61. The Morgan fingerprint density at radius 1 is 0.595 bits per heavy atom. The molecular weight excluding hydrogens is 548 g/mol. The van der Waals surface area contributed by atoms with Gasteiger partial charge in [-0.25, -0.2) is 9.59 Å². The molecule has 2 aromatic rings. The monoisotopic (exact) mass is 582 g/mol. The Morgan fingerprint density at radius 3 is 1.10 bits per heavy atom. The van der Waals surface area contributed by atoms with Crippen molar-refractivity contribution < 1.29 is 48.5 Å². The van der Waals surface area contributed by atoms with Gasteiger partial charge in [-0.2, -0.15) is 0 Å². The molecule has 12 nitrogen and oxygen atoms in total. The summed E-state index contributed by atoms with van der Waals surface area (Å²) in [6, 6.07) is 9.41. The van der Waals surface area contributed by atoms with Crippen molar-refractivity contribution in [1.29, 1.82) is 0 Å². The number of esters is 2.